The van der Waals surface area contributed by atoms with Gasteiger partial charge in [0.15, 0.2) is 0 Å². The molecule has 2 aliphatic rings. The molecular formula is C22H32N4O2. The highest BCUT2D eigenvalue weighted by atomic mass is 16.5. The van der Waals surface area contributed by atoms with Crippen LogP contribution in [0.4, 0.5) is 0 Å². The van der Waals surface area contributed by atoms with E-state index in [4.69, 9.17) is 9.72 Å². The molecule has 2 aromatic rings. The van der Waals surface area contributed by atoms with Crippen LogP contribution in [-0.4, -0.2) is 64.6 Å². The van der Waals surface area contributed by atoms with Crippen LogP contribution >= 0.6 is 0 Å². The average Bonchev–Trinajstić information content (AvgIpc) is 3.08. The molecule has 1 amide bonds. The first-order chi connectivity index (χ1) is 13.7. The Bertz CT molecular complexity index is 810. The van der Waals surface area contributed by atoms with E-state index < -0.39 is 0 Å². The third-order valence-electron chi connectivity index (χ3n) is 6.28. The summed E-state index contributed by atoms with van der Waals surface area (Å²) in [7, 11) is 0. The topological polar surface area (TPSA) is 61.5 Å². The van der Waals surface area contributed by atoms with Crippen molar-refractivity contribution in [2.45, 2.75) is 58.1 Å². The van der Waals surface area contributed by atoms with Crippen molar-refractivity contribution in [3.8, 4) is 0 Å². The standard InChI is InChI=1S/C22H32N4O2/c1-3-28-18-8-12-25(13-9-18)15-19-21(24-20-7-4-10-23-22(19)20)17-6-5-11-26(14-17)16(2)27/h4,7,10,17-18,24H,3,5-6,8-9,11-15H2,1-2H3/t17-/m0/s1. The molecule has 2 fully saturated rings. The molecule has 2 saturated heterocycles. The maximum atomic E-state index is 11.9. The zero-order valence-electron chi connectivity index (χ0n) is 17.1. The molecule has 28 heavy (non-hydrogen) atoms. The van der Waals surface area contributed by atoms with Crippen LogP contribution in [0.25, 0.3) is 11.0 Å². The summed E-state index contributed by atoms with van der Waals surface area (Å²) in [6.07, 6.45) is 6.67. The Hall–Kier alpha value is -1.92. The molecule has 2 aromatic heterocycles. The number of aromatic amines is 1. The predicted octanol–water partition coefficient (Wildman–Crippen LogP) is 3.29. The van der Waals surface area contributed by atoms with E-state index >= 15 is 0 Å². The maximum Gasteiger partial charge on any atom is 0.219 e. The summed E-state index contributed by atoms with van der Waals surface area (Å²) in [5.74, 6) is 0.543. The summed E-state index contributed by atoms with van der Waals surface area (Å²) in [6, 6.07) is 4.10. The number of nitrogens with one attached hydrogen (secondary N) is 1. The van der Waals surface area contributed by atoms with Gasteiger partial charge in [-0.15, -0.1) is 0 Å². The van der Waals surface area contributed by atoms with Crippen molar-refractivity contribution in [1.29, 1.82) is 0 Å². The minimum Gasteiger partial charge on any atom is -0.378 e. The summed E-state index contributed by atoms with van der Waals surface area (Å²) in [6.45, 7) is 9.29. The van der Waals surface area contributed by atoms with Gasteiger partial charge >= 0.3 is 0 Å². The first-order valence-electron chi connectivity index (χ1n) is 10.7. The van der Waals surface area contributed by atoms with Crippen LogP contribution in [0.1, 0.15) is 56.7 Å². The SMILES string of the molecule is CCOC1CCN(Cc2c([C@H]3CCCN(C(C)=O)C3)[nH]c3cccnc23)CC1. The number of piperidine rings is 2. The molecule has 0 saturated carbocycles. The second-order valence-electron chi connectivity index (χ2n) is 8.15. The Morgan fingerprint density at radius 1 is 1.29 bits per heavy atom. The highest BCUT2D eigenvalue weighted by Gasteiger charge is 2.29. The zero-order valence-corrected chi connectivity index (χ0v) is 17.1. The third-order valence-corrected chi connectivity index (χ3v) is 6.28. The zero-order chi connectivity index (χ0) is 19.5. The number of fused-ring (bicyclic) bond motifs is 1. The van der Waals surface area contributed by atoms with Crippen molar-refractivity contribution in [3.63, 3.8) is 0 Å². The number of likely N-dealkylation sites (tertiary alicyclic amines) is 2. The van der Waals surface area contributed by atoms with Crippen molar-refractivity contribution in [3.05, 3.63) is 29.6 Å². The van der Waals surface area contributed by atoms with Crippen LogP contribution in [0.5, 0.6) is 0 Å². The van der Waals surface area contributed by atoms with Gasteiger partial charge in [-0.1, -0.05) is 0 Å². The number of H-pyrrole nitrogens is 1. The summed E-state index contributed by atoms with van der Waals surface area (Å²) in [5, 5.41) is 0. The van der Waals surface area contributed by atoms with Gasteiger partial charge in [0.1, 0.15) is 0 Å². The highest BCUT2D eigenvalue weighted by Crippen LogP contribution is 2.33. The number of carbonyl (C=O) groups is 1. The number of aromatic nitrogens is 2. The fourth-order valence-corrected chi connectivity index (χ4v) is 4.80. The van der Waals surface area contributed by atoms with Gasteiger partial charge in [-0.2, -0.15) is 0 Å². The highest BCUT2D eigenvalue weighted by molar-refractivity contribution is 5.80. The van der Waals surface area contributed by atoms with Gasteiger partial charge in [-0.05, 0) is 44.7 Å². The third kappa shape index (κ3) is 4.08. The molecule has 152 valence electrons. The normalized spacial score (nSPS) is 22.1. The van der Waals surface area contributed by atoms with Gasteiger partial charge in [0, 0.05) is 69.6 Å². The van der Waals surface area contributed by atoms with Gasteiger partial charge in [-0.3, -0.25) is 14.7 Å². The second kappa shape index (κ2) is 8.62. The summed E-state index contributed by atoms with van der Waals surface area (Å²) in [4.78, 5) is 24.8. The Balaban J connectivity index is 1.57. The van der Waals surface area contributed by atoms with Crippen molar-refractivity contribution in [2.75, 3.05) is 32.8 Å². The molecule has 0 aromatic carbocycles. The van der Waals surface area contributed by atoms with E-state index in [2.05, 4.69) is 22.9 Å². The van der Waals surface area contributed by atoms with Gasteiger partial charge in [0.25, 0.3) is 0 Å². The maximum absolute atomic E-state index is 11.9. The van der Waals surface area contributed by atoms with Crippen LogP contribution < -0.4 is 0 Å². The van der Waals surface area contributed by atoms with Crippen LogP contribution in [0.3, 0.4) is 0 Å². The van der Waals surface area contributed by atoms with Crippen molar-refractivity contribution < 1.29 is 9.53 Å². The van der Waals surface area contributed by atoms with Gasteiger partial charge < -0.3 is 14.6 Å². The summed E-state index contributed by atoms with van der Waals surface area (Å²) >= 11 is 0. The minimum absolute atomic E-state index is 0.179. The average molecular weight is 385 g/mol. The van der Waals surface area contributed by atoms with E-state index in [9.17, 15) is 4.79 Å². The van der Waals surface area contributed by atoms with Crippen molar-refractivity contribution in [1.82, 2.24) is 19.8 Å². The van der Waals surface area contributed by atoms with Gasteiger partial charge in [-0.25, -0.2) is 0 Å². The van der Waals surface area contributed by atoms with E-state index in [1.807, 2.05) is 17.2 Å². The first kappa shape index (κ1) is 19.4. The smallest absolute Gasteiger partial charge is 0.219 e. The van der Waals surface area contributed by atoms with Crippen LogP contribution in [0, 0.1) is 0 Å². The Labute approximate surface area is 167 Å². The van der Waals surface area contributed by atoms with Crippen molar-refractivity contribution in [2.24, 2.45) is 0 Å². The Morgan fingerprint density at radius 2 is 2.11 bits per heavy atom. The Kier molecular flexibility index (Phi) is 5.97. The Morgan fingerprint density at radius 3 is 2.86 bits per heavy atom. The summed E-state index contributed by atoms with van der Waals surface area (Å²) < 4.78 is 5.81. The quantitative estimate of drug-likeness (QED) is 0.859. The molecule has 0 radical (unpaired) electrons. The van der Waals surface area contributed by atoms with Crippen molar-refractivity contribution >= 4 is 16.9 Å². The monoisotopic (exact) mass is 384 g/mol. The number of hydrogen-bond donors (Lipinski definition) is 1. The molecular weight excluding hydrogens is 352 g/mol. The molecule has 0 spiro atoms. The fraction of sp³-hybridized carbons (Fsp3) is 0.636. The lowest BCUT2D eigenvalue weighted by Crippen LogP contribution is -2.39. The van der Waals surface area contributed by atoms with E-state index in [0.717, 1.165) is 76.0 Å². The van der Waals surface area contributed by atoms with E-state index in [1.165, 1.54) is 11.3 Å². The molecule has 4 heterocycles. The molecule has 0 unspecified atom stereocenters. The minimum atomic E-state index is 0.179. The summed E-state index contributed by atoms with van der Waals surface area (Å²) in [5.41, 5.74) is 4.80. The lowest BCUT2D eigenvalue weighted by atomic mass is 9.92. The molecule has 0 aliphatic carbocycles. The lowest BCUT2D eigenvalue weighted by Gasteiger charge is -2.34. The van der Waals surface area contributed by atoms with Crippen LogP contribution in [0.2, 0.25) is 0 Å². The van der Waals surface area contributed by atoms with Crippen LogP contribution in [0.15, 0.2) is 18.3 Å². The van der Waals surface area contributed by atoms with E-state index in [0.29, 0.717) is 12.0 Å². The predicted molar refractivity (Wildman–Crippen MR) is 110 cm³/mol. The lowest BCUT2D eigenvalue weighted by molar-refractivity contribution is -0.130. The molecule has 1 N–H and O–H groups in total. The van der Waals surface area contributed by atoms with Crippen LogP contribution in [-0.2, 0) is 16.1 Å². The number of rotatable bonds is 5. The van der Waals surface area contributed by atoms with E-state index in [-0.39, 0.29) is 5.91 Å². The number of hydrogen-bond acceptors (Lipinski definition) is 4. The molecule has 1 atom stereocenters. The fourth-order valence-electron chi connectivity index (χ4n) is 4.80. The van der Waals surface area contributed by atoms with Gasteiger partial charge in [0.05, 0.1) is 17.1 Å². The number of amides is 1. The number of nitrogens with zero attached hydrogens (tertiary/aromatic N) is 3. The first-order valence-corrected chi connectivity index (χ1v) is 10.7. The second-order valence-corrected chi connectivity index (χ2v) is 8.15. The molecule has 6 nitrogen and oxygen atoms in total. The number of pyridine rings is 1. The van der Waals surface area contributed by atoms with Gasteiger partial charge in [0.2, 0.25) is 5.91 Å². The molecule has 6 heteroatoms. The molecule has 2 aliphatic heterocycles. The molecule has 4 rings (SSSR count). The number of carbonyl (C=O) groups excluding carboxylic acids is 1. The number of ether oxygens (including phenoxy) is 1. The van der Waals surface area contributed by atoms with E-state index in [1.54, 1.807) is 6.92 Å². The molecule has 0 bridgehead atoms. The largest absolute Gasteiger partial charge is 0.378 e.